The Morgan fingerprint density at radius 1 is 1.50 bits per heavy atom. The maximum Gasteiger partial charge on any atom is 0.168 e. The van der Waals surface area contributed by atoms with E-state index < -0.39 is 5.60 Å². The van der Waals surface area contributed by atoms with Gasteiger partial charge in [0.25, 0.3) is 0 Å². The molecule has 0 radical (unpaired) electrons. The van der Waals surface area contributed by atoms with Crippen molar-refractivity contribution in [1.82, 2.24) is 0 Å². The first-order chi connectivity index (χ1) is 7.54. The Morgan fingerprint density at radius 3 is 2.75 bits per heavy atom. The molecular weight excluding hydrogens is 207 g/mol. The molecule has 1 N–H and O–H groups in total. The van der Waals surface area contributed by atoms with Crippen molar-refractivity contribution in [2.24, 2.45) is 5.92 Å². The van der Waals surface area contributed by atoms with Crippen LogP contribution >= 0.6 is 0 Å². The first-order valence-electron chi connectivity index (χ1n) is 5.58. The van der Waals surface area contributed by atoms with Crippen molar-refractivity contribution >= 4 is 0 Å². The normalized spacial score (nSPS) is 28.6. The third-order valence-electron chi connectivity index (χ3n) is 3.24. The summed E-state index contributed by atoms with van der Waals surface area (Å²) in [5, 5.41) is 10.1. The Labute approximate surface area is 95.1 Å². The summed E-state index contributed by atoms with van der Waals surface area (Å²) < 4.78 is 18.7. The smallest absolute Gasteiger partial charge is 0.168 e. The summed E-state index contributed by atoms with van der Waals surface area (Å²) in [6.45, 7) is 2.09. The van der Waals surface area contributed by atoms with Crippen LogP contribution in [0, 0.1) is 11.7 Å². The number of benzene rings is 1. The van der Waals surface area contributed by atoms with Gasteiger partial charge in [0, 0.05) is 6.42 Å². The van der Waals surface area contributed by atoms with E-state index >= 15 is 0 Å². The number of ether oxygens (including phenoxy) is 1. The Morgan fingerprint density at radius 2 is 2.19 bits per heavy atom. The molecule has 0 aromatic heterocycles. The third kappa shape index (κ3) is 2.05. The van der Waals surface area contributed by atoms with E-state index in [1.807, 2.05) is 0 Å². The number of hydrogen-bond acceptors (Lipinski definition) is 2. The van der Waals surface area contributed by atoms with Crippen LogP contribution in [0.15, 0.2) is 18.2 Å². The molecule has 0 saturated heterocycles. The summed E-state index contributed by atoms with van der Waals surface area (Å²) >= 11 is 0. The number of aliphatic hydroxyl groups is 1. The molecule has 0 aliphatic heterocycles. The highest BCUT2D eigenvalue weighted by molar-refractivity contribution is 5.32. The second-order valence-electron chi connectivity index (χ2n) is 4.85. The van der Waals surface area contributed by atoms with Gasteiger partial charge >= 0.3 is 0 Å². The van der Waals surface area contributed by atoms with Gasteiger partial charge in [-0.2, -0.15) is 0 Å². The lowest BCUT2D eigenvalue weighted by Gasteiger charge is -2.42. The van der Waals surface area contributed by atoms with Gasteiger partial charge in [-0.15, -0.1) is 0 Å². The molecule has 0 spiro atoms. The predicted octanol–water partition coefficient (Wildman–Crippen LogP) is 2.54. The van der Waals surface area contributed by atoms with Gasteiger partial charge in [0.15, 0.2) is 11.6 Å². The summed E-state index contributed by atoms with van der Waals surface area (Å²) in [6, 6.07) is 5.05. The van der Waals surface area contributed by atoms with Gasteiger partial charge in [0.1, 0.15) is 0 Å². The van der Waals surface area contributed by atoms with Gasteiger partial charge in [0.2, 0.25) is 0 Å². The number of methoxy groups -OCH3 is 1. The van der Waals surface area contributed by atoms with Crippen LogP contribution in [0.25, 0.3) is 0 Å². The molecule has 0 atom stereocenters. The van der Waals surface area contributed by atoms with Gasteiger partial charge in [0.05, 0.1) is 12.7 Å². The molecule has 0 bridgehead atoms. The van der Waals surface area contributed by atoms with Crippen LogP contribution in [0.1, 0.15) is 25.3 Å². The summed E-state index contributed by atoms with van der Waals surface area (Å²) in [7, 11) is 1.45. The molecule has 0 unspecified atom stereocenters. The zero-order valence-electron chi connectivity index (χ0n) is 9.66. The molecule has 0 amide bonds. The first-order valence-corrected chi connectivity index (χ1v) is 5.58. The fraction of sp³-hybridized carbons (Fsp3) is 0.538. The predicted molar refractivity (Wildman–Crippen MR) is 60.0 cm³/mol. The van der Waals surface area contributed by atoms with Gasteiger partial charge in [-0.25, -0.2) is 4.39 Å². The monoisotopic (exact) mass is 224 g/mol. The summed E-state index contributed by atoms with van der Waals surface area (Å²) in [4.78, 5) is 0. The first kappa shape index (κ1) is 11.4. The average molecular weight is 224 g/mol. The van der Waals surface area contributed by atoms with E-state index in [1.165, 1.54) is 7.11 Å². The van der Waals surface area contributed by atoms with Crippen LogP contribution < -0.4 is 4.74 Å². The van der Waals surface area contributed by atoms with E-state index in [0.717, 1.165) is 12.8 Å². The topological polar surface area (TPSA) is 29.5 Å². The minimum absolute atomic E-state index is 0.244. The van der Waals surface area contributed by atoms with Crippen molar-refractivity contribution in [3.05, 3.63) is 29.6 Å². The number of hydrogen-bond donors (Lipinski definition) is 1. The SMILES string of the molecule is COc1cccc(CC2(O)CC(C)C2)c1F. The van der Waals surface area contributed by atoms with Gasteiger partial charge < -0.3 is 9.84 Å². The zero-order chi connectivity index (χ0) is 11.8. The average Bonchev–Trinajstić information content (AvgIpc) is 2.19. The molecular formula is C13H17FO2. The van der Waals surface area contributed by atoms with Gasteiger partial charge in [-0.1, -0.05) is 19.1 Å². The van der Waals surface area contributed by atoms with E-state index in [4.69, 9.17) is 4.74 Å². The summed E-state index contributed by atoms with van der Waals surface area (Å²) in [5.41, 5.74) is -0.180. The minimum Gasteiger partial charge on any atom is -0.494 e. The number of halogens is 1. The molecule has 1 aliphatic rings. The Bertz CT molecular complexity index is 384. The van der Waals surface area contributed by atoms with Crippen molar-refractivity contribution in [3.63, 3.8) is 0 Å². The molecule has 1 saturated carbocycles. The van der Waals surface area contributed by atoms with Crippen molar-refractivity contribution < 1.29 is 14.2 Å². The Kier molecular flexibility index (Phi) is 2.89. The van der Waals surface area contributed by atoms with E-state index in [0.29, 0.717) is 17.9 Å². The molecule has 0 heterocycles. The summed E-state index contributed by atoms with van der Waals surface area (Å²) in [5.74, 6) is 0.435. The van der Waals surface area contributed by atoms with E-state index in [-0.39, 0.29) is 11.6 Å². The van der Waals surface area contributed by atoms with Crippen LogP contribution in [-0.4, -0.2) is 17.8 Å². The van der Waals surface area contributed by atoms with Crippen LogP contribution in [0.3, 0.4) is 0 Å². The lowest BCUT2D eigenvalue weighted by molar-refractivity contribution is -0.0671. The zero-order valence-corrected chi connectivity index (χ0v) is 9.66. The molecule has 1 aromatic rings. The third-order valence-corrected chi connectivity index (χ3v) is 3.24. The van der Waals surface area contributed by atoms with Gasteiger partial charge in [-0.05, 0) is 30.4 Å². The Balaban J connectivity index is 2.16. The molecule has 1 fully saturated rings. The molecule has 2 rings (SSSR count). The molecule has 88 valence electrons. The standard InChI is InChI=1S/C13H17FO2/c1-9-6-13(15,7-9)8-10-4-3-5-11(16-2)12(10)14/h3-5,9,15H,6-8H2,1-2H3. The molecule has 1 aromatic carbocycles. The second kappa shape index (κ2) is 4.06. The maximum atomic E-state index is 13.8. The quantitative estimate of drug-likeness (QED) is 0.855. The second-order valence-corrected chi connectivity index (χ2v) is 4.85. The minimum atomic E-state index is -0.716. The highest BCUT2D eigenvalue weighted by Crippen LogP contribution is 2.40. The molecule has 2 nitrogen and oxygen atoms in total. The van der Waals surface area contributed by atoms with Crippen LogP contribution in [-0.2, 0) is 6.42 Å². The van der Waals surface area contributed by atoms with Crippen LogP contribution in [0.4, 0.5) is 4.39 Å². The summed E-state index contributed by atoms with van der Waals surface area (Å²) in [6.07, 6.45) is 1.88. The van der Waals surface area contributed by atoms with E-state index in [9.17, 15) is 9.50 Å². The molecule has 3 heteroatoms. The maximum absolute atomic E-state index is 13.8. The number of rotatable bonds is 3. The van der Waals surface area contributed by atoms with E-state index in [1.54, 1.807) is 18.2 Å². The lowest BCUT2D eigenvalue weighted by Crippen LogP contribution is -2.44. The molecule has 1 aliphatic carbocycles. The lowest BCUT2D eigenvalue weighted by atomic mass is 9.69. The van der Waals surface area contributed by atoms with Crippen molar-refractivity contribution in [2.45, 2.75) is 31.8 Å². The van der Waals surface area contributed by atoms with Crippen LogP contribution in [0.5, 0.6) is 5.75 Å². The molecule has 16 heavy (non-hydrogen) atoms. The van der Waals surface area contributed by atoms with Crippen molar-refractivity contribution in [2.75, 3.05) is 7.11 Å². The van der Waals surface area contributed by atoms with Crippen LogP contribution in [0.2, 0.25) is 0 Å². The largest absolute Gasteiger partial charge is 0.494 e. The highest BCUT2D eigenvalue weighted by atomic mass is 19.1. The Hall–Kier alpha value is -1.09. The fourth-order valence-electron chi connectivity index (χ4n) is 2.59. The highest BCUT2D eigenvalue weighted by Gasteiger charge is 2.40. The fourth-order valence-corrected chi connectivity index (χ4v) is 2.59. The van der Waals surface area contributed by atoms with Crippen molar-refractivity contribution in [3.8, 4) is 5.75 Å². The van der Waals surface area contributed by atoms with Crippen molar-refractivity contribution in [1.29, 1.82) is 0 Å². The van der Waals surface area contributed by atoms with Gasteiger partial charge in [-0.3, -0.25) is 0 Å². The van der Waals surface area contributed by atoms with E-state index in [2.05, 4.69) is 6.92 Å².